The van der Waals surface area contributed by atoms with Crippen LogP contribution in [0.1, 0.15) is 30.4 Å². The molecule has 1 aliphatic rings. The molecule has 0 bridgehead atoms. The third-order valence-electron chi connectivity index (χ3n) is 4.87. The minimum Gasteiger partial charge on any atom is -0.356 e. The average molecular weight is 390 g/mol. The van der Waals surface area contributed by atoms with Gasteiger partial charge in [0.05, 0.1) is 0 Å². The molecule has 2 amide bonds. The van der Waals surface area contributed by atoms with Crippen molar-refractivity contribution in [2.75, 3.05) is 6.54 Å². The standard InChI is InChI=1S/C21H21F3N2O2/c22-16-5-1-3-14(11-16)9-10-25-19(27)12-17-7-8-20(28)26(17)13-15-4-2-6-18(23)21(15)24/h1-6,11,17H,7-10,12-13H2,(H,25,27). The molecule has 0 spiro atoms. The van der Waals surface area contributed by atoms with E-state index in [2.05, 4.69) is 5.32 Å². The molecule has 0 saturated carbocycles. The molecule has 2 aromatic rings. The number of nitrogens with zero attached hydrogens (tertiary/aromatic N) is 1. The highest BCUT2D eigenvalue weighted by atomic mass is 19.2. The lowest BCUT2D eigenvalue weighted by atomic mass is 10.1. The van der Waals surface area contributed by atoms with E-state index in [-0.39, 0.29) is 48.6 Å². The van der Waals surface area contributed by atoms with E-state index in [0.717, 1.165) is 11.6 Å². The second-order valence-electron chi connectivity index (χ2n) is 6.86. The quantitative estimate of drug-likeness (QED) is 0.788. The zero-order valence-corrected chi connectivity index (χ0v) is 15.3. The molecule has 28 heavy (non-hydrogen) atoms. The Labute approximate surface area is 161 Å². The van der Waals surface area contributed by atoms with Crippen molar-refractivity contribution in [2.24, 2.45) is 0 Å². The van der Waals surface area contributed by atoms with E-state index in [1.807, 2.05) is 0 Å². The number of rotatable bonds is 7. The molecule has 1 unspecified atom stereocenters. The van der Waals surface area contributed by atoms with Crippen molar-refractivity contribution in [3.05, 3.63) is 71.0 Å². The van der Waals surface area contributed by atoms with Crippen molar-refractivity contribution in [3.8, 4) is 0 Å². The number of benzene rings is 2. The molecule has 7 heteroatoms. The van der Waals surface area contributed by atoms with Crippen LogP contribution < -0.4 is 5.32 Å². The number of carbonyl (C=O) groups excluding carboxylic acids is 2. The molecule has 0 aliphatic carbocycles. The molecular formula is C21H21F3N2O2. The first-order valence-corrected chi connectivity index (χ1v) is 9.17. The molecule has 4 nitrogen and oxygen atoms in total. The third-order valence-corrected chi connectivity index (χ3v) is 4.87. The summed E-state index contributed by atoms with van der Waals surface area (Å²) in [5.41, 5.74) is 0.867. The van der Waals surface area contributed by atoms with E-state index < -0.39 is 11.6 Å². The van der Waals surface area contributed by atoms with Crippen LogP contribution in [0.5, 0.6) is 0 Å². The molecule has 1 atom stereocenters. The van der Waals surface area contributed by atoms with E-state index in [0.29, 0.717) is 19.4 Å². The summed E-state index contributed by atoms with van der Waals surface area (Å²) in [6.45, 7) is 0.283. The van der Waals surface area contributed by atoms with E-state index in [1.54, 1.807) is 12.1 Å². The second kappa shape index (κ2) is 8.91. The Morgan fingerprint density at radius 1 is 1.14 bits per heavy atom. The monoisotopic (exact) mass is 390 g/mol. The van der Waals surface area contributed by atoms with Gasteiger partial charge in [0, 0.05) is 37.5 Å². The first-order chi connectivity index (χ1) is 13.4. The number of hydrogen-bond donors (Lipinski definition) is 1. The number of hydrogen-bond acceptors (Lipinski definition) is 2. The van der Waals surface area contributed by atoms with Crippen molar-refractivity contribution in [2.45, 2.75) is 38.3 Å². The Hall–Kier alpha value is -2.83. The number of halogens is 3. The van der Waals surface area contributed by atoms with Gasteiger partial charge in [-0.15, -0.1) is 0 Å². The number of likely N-dealkylation sites (tertiary alicyclic amines) is 1. The molecule has 1 saturated heterocycles. The van der Waals surface area contributed by atoms with Crippen LogP contribution in [-0.4, -0.2) is 29.3 Å². The fraction of sp³-hybridized carbons (Fsp3) is 0.333. The van der Waals surface area contributed by atoms with Crippen LogP contribution in [0.25, 0.3) is 0 Å². The van der Waals surface area contributed by atoms with E-state index in [4.69, 9.17) is 0 Å². The average Bonchev–Trinajstić information content (AvgIpc) is 2.99. The molecule has 148 valence electrons. The molecule has 1 N–H and O–H groups in total. The lowest BCUT2D eigenvalue weighted by molar-refractivity contribution is -0.130. The summed E-state index contributed by atoms with van der Waals surface area (Å²) in [5.74, 6) is -2.67. The van der Waals surface area contributed by atoms with Crippen molar-refractivity contribution in [1.29, 1.82) is 0 Å². The van der Waals surface area contributed by atoms with E-state index >= 15 is 0 Å². The Morgan fingerprint density at radius 3 is 2.71 bits per heavy atom. The highest BCUT2D eigenvalue weighted by Crippen LogP contribution is 2.25. The summed E-state index contributed by atoms with van der Waals surface area (Å²) >= 11 is 0. The zero-order valence-electron chi connectivity index (χ0n) is 15.3. The molecular weight excluding hydrogens is 369 g/mol. The molecule has 1 heterocycles. The minimum atomic E-state index is -0.972. The second-order valence-corrected chi connectivity index (χ2v) is 6.86. The smallest absolute Gasteiger partial charge is 0.223 e. The van der Waals surface area contributed by atoms with Gasteiger partial charge in [-0.2, -0.15) is 0 Å². The summed E-state index contributed by atoms with van der Waals surface area (Å²) in [5, 5.41) is 2.76. The van der Waals surface area contributed by atoms with Gasteiger partial charge in [0.2, 0.25) is 11.8 Å². The topological polar surface area (TPSA) is 49.4 Å². The van der Waals surface area contributed by atoms with Crippen LogP contribution in [-0.2, 0) is 22.6 Å². The molecule has 0 aromatic heterocycles. The van der Waals surface area contributed by atoms with Gasteiger partial charge in [0.25, 0.3) is 0 Å². The maximum atomic E-state index is 13.9. The Kier molecular flexibility index (Phi) is 6.34. The number of carbonyl (C=O) groups is 2. The first kappa shape index (κ1) is 19.9. The Morgan fingerprint density at radius 2 is 1.93 bits per heavy atom. The van der Waals surface area contributed by atoms with E-state index in [9.17, 15) is 22.8 Å². The van der Waals surface area contributed by atoms with Crippen LogP contribution >= 0.6 is 0 Å². The van der Waals surface area contributed by atoms with Crippen molar-refractivity contribution in [1.82, 2.24) is 10.2 Å². The van der Waals surface area contributed by atoms with Gasteiger partial charge in [-0.1, -0.05) is 24.3 Å². The summed E-state index contributed by atoms with van der Waals surface area (Å²) < 4.78 is 40.5. The summed E-state index contributed by atoms with van der Waals surface area (Å²) in [6.07, 6.45) is 1.35. The SMILES string of the molecule is O=C(CC1CCC(=O)N1Cc1cccc(F)c1F)NCCc1cccc(F)c1. The number of amides is 2. The molecule has 0 radical (unpaired) electrons. The highest BCUT2D eigenvalue weighted by Gasteiger charge is 2.33. The van der Waals surface area contributed by atoms with Crippen molar-refractivity contribution >= 4 is 11.8 Å². The summed E-state index contributed by atoms with van der Waals surface area (Å²) in [4.78, 5) is 25.8. The van der Waals surface area contributed by atoms with Gasteiger partial charge in [0.15, 0.2) is 11.6 Å². The molecule has 1 aliphatic heterocycles. The predicted molar refractivity (Wildman–Crippen MR) is 97.7 cm³/mol. The van der Waals surface area contributed by atoms with Crippen molar-refractivity contribution in [3.63, 3.8) is 0 Å². The van der Waals surface area contributed by atoms with Crippen LogP contribution in [0, 0.1) is 17.5 Å². The molecule has 1 fully saturated rings. The Balaban J connectivity index is 1.54. The van der Waals surface area contributed by atoms with Gasteiger partial charge in [-0.05, 0) is 36.6 Å². The molecule has 2 aromatic carbocycles. The largest absolute Gasteiger partial charge is 0.356 e. The van der Waals surface area contributed by atoms with Gasteiger partial charge < -0.3 is 10.2 Å². The fourth-order valence-electron chi connectivity index (χ4n) is 3.40. The highest BCUT2D eigenvalue weighted by molar-refractivity contribution is 5.82. The fourth-order valence-corrected chi connectivity index (χ4v) is 3.40. The third kappa shape index (κ3) is 4.91. The van der Waals surface area contributed by atoms with E-state index in [1.165, 1.54) is 29.2 Å². The van der Waals surface area contributed by atoms with Crippen LogP contribution in [0.3, 0.4) is 0 Å². The zero-order chi connectivity index (χ0) is 20.1. The molecule has 3 rings (SSSR count). The van der Waals surface area contributed by atoms with Crippen LogP contribution in [0.2, 0.25) is 0 Å². The Bertz CT molecular complexity index is 872. The maximum absolute atomic E-state index is 13.9. The lowest BCUT2D eigenvalue weighted by Gasteiger charge is -2.25. The minimum absolute atomic E-state index is 0.0658. The van der Waals surface area contributed by atoms with Crippen LogP contribution in [0.15, 0.2) is 42.5 Å². The predicted octanol–water partition coefficient (Wildman–Crippen LogP) is 3.34. The maximum Gasteiger partial charge on any atom is 0.223 e. The van der Waals surface area contributed by atoms with Gasteiger partial charge in [-0.3, -0.25) is 9.59 Å². The normalized spacial score (nSPS) is 16.5. The van der Waals surface area contributed by atoms with Gasteiger partial charge in [-0.25, -0.2) is 13.2 Å². The van der Waals surface area contributed by atoms with Gasteiger partial charge >= 0.3 is 0 Å². The first-order valence-electron chi connectivity index (χ1n) is 9.17. The summed E-state index contributed by atoms with van der Waals surface area (Å²) in [6, 6.07) is 9.65. The lowest BCUT2D eigenvalue weighted by Crippen LogP contribution is -2.37. The number of nitrogens with one attached hydrogen (secondary N) is 1. The van der Waals surface area contributed by atoms with Gasteiger partial charge in [0.1, 0.15) is 5.82 Å². The van der Waals surface area contributed by atoms with Crippen molar-refractivity contribution < 1.29 is 22.8 Å². The van der Waals surface area contributed by atoms with Crippen LogP contribution in [0.4, 0.5) is 13.2 Å². The summed E-state index contributed by atoms with van der Waals surface area (Å²) in [7, 11) is 0.